The summed E-state index contributed by atoms with van der Waals surface area (Å²) in [6.45, 7) is 5.36. The van der Waals surface area contributed by atoms with Crippen LogP contribution in [0.3, 0.4) is 0 Å². The molecule has 0 radical (unpaired) electrons. The number of pyridine rings is 1. The zero-order chi connectivity index (χ0) is 14.8. The van der Waals surface area contributed by atoms with E-state index in [1.54, 1.807) is 6.20 Å². The van der Waals surface area contributed by atoms with Crippen LogP contribution in [-0.2, 0) is 16.0 Å². The predicted octanol–water partition coefficient (Wildman–Crippen LogP) is 1.24. The molecule has 0 unspecified atom stereocenters. The van der Waals surface area contributed by atoms with Crippen LogP contribution < -0.4 is 5.32 Å². The smallest absolute Gasteiger partial charge is 0.220 e. The van der Waals surface area contributed by atoms with Crippen LogP contribution in [0.5, 0.6) is 0 Å². The molecule has 2 heterocycles. The fourth-order valence-electron chi connectivity index (χ4n) is 2.44. The lowest BCUT2D eigenvalue weighted by atomic mass is 10.1. The highest BCUT2D eigenvalue weighted by atomic mass is 16.5. The minimum absolute atomic E-state index is 0.162. The van der Waals surface area contributed by atoms with Crippen molar-refractivity contribution in [1.29, 1.82) is 0 Å². The lowest BCUT2D eigenvalue weighted by Gasteiger charge is -2.26. The van der Waals surface area contributed by atoms with Crippen molar-refractivity contribution in [2.45, 2.75) is 25.7 Å². The summed E-state index contributed by atoms with van der Waals surface area (Å²) < 4.78 is 5.30. The van der Waals surface area contributed by atoms with Gasteiger partial charge in [-0.15, -0.1) is 0 Å². The van der Waals surface area contributed by atoms with Crippen molar-refractivity contribution in [1.82, 2.24) is 15.2 Å². The molecule has 5 heteroatoms. The van der Waals surface area contributed by atoms with Crippen LogP contribution in [0.15, 0.2) is 24.5 Å². The van der Waals surface area contributed by atoms with E-state index in [-0.39, 0.29) is 5.91 Å². The van der Waals surface area contributed by atoms with E-state index in [0.29, 0.717) is 6.42 Å². The first-order chi connectivity index (χ1) is 10.3. The van der Waals surface area contributed by atoms with Gasteiger partial charge in [0.2, 0.25) is 5.91 Å². The number of aryl methyl sites for hydroxylation is 1. The summed E-state index contributed by atoms with van der Waals surface area (Å²) in [5.74, 6) is 0.162. The molecule has 2 rings (SSSR count). The molecule has 1 aliphatic rings. The summed E-state index contributed by atoms with van der Waals surface area (Å²) in [6.07, 6.45) is 7.12. The second kappa shape index (κ2) is 9.47. The average molecular weight is 291 g/mol. The van der Waals surface area contributed by atoms with Gasteiger partial charge in [-0.2, -0.15) is 0 Å². The largest absolute Gasteiger partial charge is 0.379 e. The van der Waals surface area contributed by atoms with E-state index in [9.17, 15) is 4.79 Å². The number of carbonyl (C=O) groups excluding carboxylic acids is 1. The minimum Gasteiger partial charge on any atom is -0.379 e. The molecule has 0 spiro atoms. The Balaban J connectivity index is 1.47. The van der Waals surface area contributed by atoms with Gasteiger partial charge in [0, 0.05) is 38.4 Å². The maximum absolute atomic E-state index is 11.7. The Morgan fingerprint density at radius 2 is 2.19 bits per heavy atom. The number of ether oxygens (including phenoxy) is 1. The summed E-state index contributed by atoms with van der Waals surface area (Å²) in [6, 6.07) is 4.01. The van der Waals surface area contributed by atoms with E-state index >= 15 is 0 Å². The van der Waals surface area contributed by atoms with Crippen molar-refractivity contribution in [3.8, 4) is 0 Å². The molecule has 1 aromatic rings. The van der Waals surface area contributed by atoms with Gasteiger partial charge in [0.15, 0.2) is 0 Å². The number of aromatic nitrogens is 1. The van der Waals surface area contributed by atoms with Crippen LogP contribution in [-0.4, -0.2) is 55.2 Å². The lowest BCUT2D eigenvalue weighted by Crippen LogP contribution is -2.37. The van der Waals surface area contributed by atoms with Crippen molar-refractivity contribution in [3.63, 3.8) is 0 Å². The lowest BCUT2D eigenvalue weighted by molar-refractivity contribution is -0.121. The van der Waals surface area contributed by atoms with E-state index in [0.717, 1.165) is 58.7 Å². The monoisotopic (exact) mass is 291 g/mol. The predicted molar refractivity (Wildman–Crippen MR) is 82.1 cm³/mol. The molecular weight excluding hydrogens is 266 g/mol. The first kappa shape index (κ1) is 15.9. The highest BCUT2D eigenvalue weighted by Crippen LogP contribution is 2.01. The van der Waals surface area contributed by atoms with Gasteiger partial charge in [-0.25, -0.2) is 0 Å². The van der Waals surface area contributed by atoms with Crippen molar-refractivity contribution in [3.05, 3.63) is 30.1 Å². The maximum Gasteiger partial charge on any atom is 0.220 e. The molecule has 0 aromatic carbocycles. The van der Waals surface area contributed by atoms with Crippen molar-refractivity contribution in [2.24, 2.45) is 0 Å². The zero-order valence-corrected chi connectivity index (χ0v) is 12.6. The topological polar surface area (TPSA) is 54.5 Å². The molecule has 0 saturated carbocycles. The molecule has 1 aromatic heterocycles. The summed E-state index contributed by atoms with van der Waals surface area (Å²) in [4.78, 5) is 18.2. The third-order valence-corrected chi connectivity index (χ3v) is 3.67. The van der Waals surface area contributed by atoms with Gasteiger partial charge in [-0.05, 0) is 37.4 Å². The summed E-state index contributed by atoms with van der Waals surface area (Å²) >= 11 is 0. The van der Waals surface area contributed by atoms with Crippen molar-refractivity contribution >= 4 is 5.91 Å². The minimum atomic E-state index is 0.162. The first-order valence-corrected chi connectivity index (χ1v) is 7.80. The third kappa shape index (κ3) is 6.69. The molecular formula is C16H25N3O2. The molecule has 116 valence electrons. The normalized spacial score (nSPS) is 15.8. The number of hydrogen-bond donors (Lipinski definition) is 1. The fraction of sp³-hybridized carbons (Fsp3) is 0.625. The molecule has 0 atom stereocenters. The third-order valence-electron chi connectivity index (χ3n) is 3.67. The standard InChI is InChI=1S/C16H25N3O2/c20-16(6-3-9-19-10-12-21-13-11-19)18-8-2-5-15-4-1-7-17-14-15/h1,4,7,14H,2-3,5-6,8-13H2,(H,18,20). The van der Waals surface area contributed by atoms with Gasteiger partial charge in [0.05, 0.1) is 13.2 Å². The van der Waals surface area contributed by atoms with Crippen LogP contribution in [0.4, 0.5) is 0 Å². The summed E-state index contributed by atoms with van der Waals surface area (Å²) in [5.41, 5.74) is 1.22. The molecule has 21 heavy (non-hydrogen) atoms. The molecule has 0 aliphatic carbocycles. The van der Waals surface area contributed by atoms with E-state index in [2.05, 4.69) is 21.3 Å². The number of hydrogen-bond acceptors (Lipinski definition) is 4. The average Bonchev–Trinajstić information content (AvgIpc) is 2.54. The van der Waals surface area contributed by atoms with Gasteiger partial charge < -0.3 is 10.1 Å². The molecule has 1 fully saturated rings. The number of nitrogens with one attached hydrogen (secondary N) is 1. The Labute approximate surface area is 126 Å². The quantitative estimate of drug-likeness (QED) is 0.732. The molecule has 1 aliphatic heterocycles. The van der Waals surface area contributed by atoms with Gasteiger partial charge in [0.1, 0.15) is 0 Å². The van der Waals surface area contributed by atoms with E-state index in [1.807, 2.05) is 12.3 Å². The first-order valence-electron chi connectivity index (χ1n) is 7.80. The van der Waals surface area contributed by atoms with Crippen LogP contribution in [0, 0.1) is 0 Å². The second-order valence-corrected chi connectivity index (χ2v) is 5.37. The molecule has 0 bridgehead atoms. The number of morpholine rings is 1. The number of rotatable bonds is 8. The van der Waals surface area contributed by atoms with Gasteiger partial charge in [-0.3, -0.25) is 14.7 Å². The van der Waals surface area contributed by atoms with Crippen LogP contribution >= 0.6 is 0 Å². The fourth-order valence-corrected chi connectivity index (χ4v) is 2.44. The Morgan fingerprint density at radius 1 is 1.33 bits per heavy atom. The Bertz CT molecular complexity index is 405. The van der Waals surface area contributed by atoms with E-state index < -0.39 is 0 Å². The highest BCUT2D eigenvalue weighted by molar-refractivity contribution is 5.75. The maximum atomic E-state index is 11.7. The number of amides is 1. The van der Waals surface area contributed by atoms with Gasteiger partial charge in [0.25, 0.3) is 0 Å². The highest BCUT2D eigenvalue weighted by Gasteiger charge is 2.10. The number of nitrogens with zero attached hydrogens (tertiary/aromatic N) is 2. The van der Waals surface area contributed by atoms with Crippen molar-refractivity contribution in [2.75, 3.05) is 39.4 Å². The Hall–Kier alpha value is -1.46. The van der Waals surface area contributed by atoms with E-state index in [4.69, 9.17) is 4.74 Å². The van der Waals surface area contributed by atoms with Gasteiger partial charge >= 0.3 is 0 Å². The molecule has 1 amide bonds. The SMILES string of the molecule is O=C(CCCN1CCOCC1)NCCCc1cccnc1. The Morgan fingerprint density at radius 3 is 2.95 bits per heavy atom. The summed E-state index contributed by atoms with van der Waals surface area (Å²) in [7, 11) is 0. The molecule has 1 saturated heterocycles. The zero-order valence-electron chi connectivity index (χ0n) is 12.6. The van der Waals surface area contributed by atoms with E-state index in [1.165, 1.54) is 5.56 Å². The number of carbonyl (C=O) groups is 1. The van der Waals surface area contributed by atoms with Crippen LogP contribution in [0.1, 0.15) is 24.8 Å². The van der Waals surface area contributed by atoms with Gasteiger partial charge in [-0.1, -0.05) is 6.07 Å². The molecule has 1 N–H and O–H groups in total. The second-order valence-electron chi connectivity index (χ2n) is 5.37. The van der Waals surface area contributed by atoms with Crippen molar-refractivity contribution < 1.29 is 9.53 Å². The molecule has 5 nitrogen and oxygen atoms in total. The summed E-state index contributed by atoms with van der Waals surface area (Å²) in [5, 5.41) is 2.99. The van der Waals surface area contributed by atoms with Crippen LogP contribution in [0.25, 0.3) is 0 Å². The van der Waals surface area contributed by atoms with Crippen LogP contribution in [0.2, 0.25) is 0 Å². The Kier molecular flexibility index (Phi) is 7.18.